The maximum atomic E-state index is 13.2. The third-order valence-corrected chi connectivity index (χ3v) is 5.79. The summed E-state index contributed by atoms with van der Waals surface area (Å²) in [6.45, 7) is -0.0452. The number of nitrogens with zero attached hydrogens (tertiary/aromatic N) is 4. The SMILES string of the molecule is N#CCc1c(C(=O)NCc2ccc(C(F)(F)F)cc2)nn(-c2ncccc2Cl)c1-c1ccc(Cl)cc1. The number of benzene rings is 2. The molecule has 0 unspecified atom stereocenters. The molecule has 0 saturated heterocycles. The minimum absolute atomic E-state index is 0.0323. The molecule has 0 fully saturated rings. The first kappa shape index (κ1) is 25.2. The van der Waals surface area contributed by atoms with E-state index in [4.69, 9.17) is 23.2 Å². The van der Waals surface area contributed by atoms with Crippen LogP contribution in [0.5, 0.6) is 0 Å². The number of nitrogens with one attached hydrogen (secondary N) is 1. The van der Waals surface area contributed by atoms with Crippen molar-refractivity contribution in [1.29, 1.82) is 5.26 Å². The van der Waals surface area contributed by atoms with E-state index in [1.54, 1.807) is 36.4 Å². The largest absolute Gasteiger partial charge is 0.416 e. The van der Waals surface area contributed by atoms with E-state index < -0.39 is 17.6 Å². The van der Waals surface area contributed by atoms with E-state index in [1.807, 2.05) is 0 Å². The number of alkyl halides is 3. The Labute approximate surface area is 213 Å². The fourth-order valence-corrected chi connectivity index (χ4v) is 3.88. The molecule has 2 heterocycles. The Kier molecular flexibility index (Phi) is 7.29. The predicted octanol–water partition coefficient (Wildman–Crippen LogP) is 6.26. The van der Waals surface area contributed by atoms with Crippen molar-refractivity contribution in [2.75, 3.05) is 0 Å². The van der Waals surface area contributed by atoms with Crippen LogP contribution in [0.2, 0.25) is 10.0 Å². The second kappa shape index (κ2) is 10.4. The van der Waals surface area contributed by atoms with Gasteiger partial charge in [0.25, 0.3) is 5.91 Å². The second-order valence-electron chi connectivity index (χ2n) is 7.62. The lowest BCUT2D eigenvalue weighted by Crippen LogP contribution is -2.24. The van der Waals surface area contributed by atoms with Gasteiger partial charge in [0.05, 0.1) is 28.8 Å². The number of amides is 1. The quantitative estimate of drug-likeness (QED) is 0.319. The third-order valence-electron chi connectivity index (χ3n) is 5.25. The summed E-state index contributed by atoms with van der Waals surface area (Å²) in [4.78, 5) is 17.4. The van der Waals surface area contributed by atoms with Gasteiger partial charge in [-0.25, -0.2) is 9.67 Å². The molecule has 36 heavy (non-hydrogen) atoms. The molecule has 0 aliphatic carbocycles. The Hall–Kier alpha value is -3.87. The van der Waals surface area contributed by atoms with Crippen LogP contribution >= 0.6 is 23.2 Å². The number of nitriles is 1. The molecule has 0 spiro atoms. The minimum Gasteiger partial charge on any atom is -0.347 e. The molecule has 6 nitrogen and oxygen atoms in total. The Morgan fingerprint density at radius 2 is 1.75 bits per heavy atom. The number of hydrogen-bond donors (Lipinski definition) is 1. The van der Waals surface area contributed by atoms with Crippen molar-refractivity contribution in [2.24, 2.45) is 0 Å². The number of carbonyl (C=O) groups is 1. The number of hydrogen-bond acceptors (Lipinski definition) is 4. The lowest BCUT2D eigenvalue weighted by Gasteiger charge is -2.10. The molecule has 0 aliphatic rings. The Balaban J connectivity index is 1.74. The number of pyridine rings is 1. The molecule has 0 radical (unpaired) electrons. The predicted molar refractivity (Wildman–Crippen MR) is 129 cm³/mol. The van der Waals surface area contributed by atoms with Crippen molar-refractivity contribution in [3.8, 4) is 23.1 Å². The summed E-state index contributed by atoms with van der Waals surface area (Å²) in [5, 5.41) is 17.4. The highest BCUT2D eigenvalue weighted by molar-refractivity contribution is 6.32. The molecule has 0 aliphatic heterocycles. The van der Waals surface area contributed by atoms with Gasteiger partial charge in [-0.3, -0.25) is 4.79 Å². The lowest BCUT2D eigenvalue weighted by molar-refractivity contribution is -0.137. The number of carbonyl (C=O) groups excluding carboxylic acids is 1. The van der Waals surface area contributed by atoms with Crippen LogP contribution in [0, 0.1) is 11.3 Å². The van der Waals surface area contributed by atoms with Crippen molar-refractivity contribution < 1.29 is 18.0 Å². The van der Waals surface area contributed by atoms with Gasteiger partial charge in [-0.1, -0.05) is 47.5 Å². The number of halogens is 5. The standard InChI is InChI=1S/C25H16Cl2F3N5O/c26-18-9-5-16(6-10-18)22-19(11-12-31)21(34-35(22)23-20(27)2-1-13-32-23)24(36)33-14-15-3-7-17(8-4-15)25(28,29)30/h1-10,13H,11,14H2,(H,33,36). The van der Waals surface area contributed by atoms with Gasteiger partial charge in [0.15, 0.2) is 11.5 Å². The van der Waals surface area contributed by atoms with Crippen LogP contribution in [0.3, 0.4) is 0 Å². The topological polar surface area (TPSA) is 83.6 Å². The van der Waals surface area contributed by atoms with Crippen LogP contribution in [0.25, 0.3) is 17.1 Å². The van der Waals surface area contributed by atoms with E-state index in [0.29, 0.717) is 27.4 Å². The van der Waals surface area contributed by atoms with Crippen LogP contribution in [0.1, 0.15) is 27.2 Å². The van der Waals surface area contributed by atoms with E-state index in [9.17, 15) is 23.2 Å². The zero-order valence-corrected chi connectivity index (χ0v) is 19.9. The van der Waals surface area contributed by atoms with Crippen molar-refractivity contribution in [1.82, 2.24) is 20.1 Å². The highest BCUT2D eigenvalue weighted by atomic mass is 35.5. The van der Waals surface area contributed by atoms with Crippen molar-refractivity contribution in [3.63, 3.8) is 0 Å². The highest BCUT2D eigenvalue weighted by Crippen LogP contribution is 2.32. The number of rotatable bonds is 6. The molecule has 0 saturated carbocycles. The number of aromatic nitrogens is 3. The van der Waals surface area contributed by atoms with Crippen molar-refractivity contribution >= 4 is 29.1 Å². The summed E-state index contributed by atoms with van der Waals surface area (Å²) in [6, 6.07) is 16.5. The average Bonchev–Trinajstić information content (AvgIpc) is 3.22. The van der Waals surface area contributed by atoms with Crippen LogP contribution in [0.15, 0.2) is 66.9 Å². The summed E-state index contributed by atoms with van der Waals surface area (Å²) >= 11 is 12.4. The smallest absolute Gasteiger partial charge is 0.347 e. The maximum Gasteiger partial charge on any atom is 0.416 e. The molecular formula is C25H16Cl2F3N5O. The van der Waals surface area contributed by atoms with Gasteiger partial charge in [-0.2, -0.15) is 23.5 Å². The Bertz CT molecular complexity index is 1440. The molecule has 2 aromatic heterocycles. The summed E-state index contributed by atoms with van der Waals surface area (Å²) in [6.07, 6.45) is -3.08. The van der Waals surface area contributed by atoms with E-state index in [1.165, 1.54) is 23.0 Å². The summed E-state index contributed by atoms with van der Waals surface area (Å²) < 4.78 is 39.8. The first-order valence-corrected chi connectivity index (χ1v) is 11.2. The molecule has 4 rings (SSSR count). The molecule has 1 amide bonds. The van der Waals surface area contributed by atoms with E-state index >= 15 is 0 Å². The lowest BCUT2D eigenvalue weighted by atomic mass is 10.0. The van der Waals surface area contributed by atoms with Gasteiger partial charge in [0, 0.05) is 28.9 Å². The van der Waals surface area contributed by atoms with Crippen molar-refractivity contribution in [2.45, 2.75) is 19.1 Å². The molecule has 1 N–H and O–H groups in total. The van der Waals surface area contributed by atoms with Crippen LogP contribution in [0.4, 0.5) is 13.2 Å². The molecule has 4 aromatic rings. The van der Waals surface area contributed by atoms with Gasteiger partial charge in [0.2, 0.25) is 0 Å². The second-order valence-corrected chi connectivity index (χ2v) is 8.46. The molecule has 0 atom stereocenters. The monoisotopic (exact) mass is 529 g/mol. The fraction of sp³-hybridized carbons (Fsp3) is 0.120. The van der Waals surface area contributed by atoms with Crippen LogP contribution in [-0.4, -0.2) is 20.7 Å². The van der Waals surface area contributed by atoms with Gasteiger partial charge >= 0.3 is 6.18 Å². The maximum absolute atomic E-state index is 13.2. The van der Waals surface area contributed by atoms with Gasteiger partial charge in [-0.15, -0.1) is 0 Å². The van der Waals surface area contributed by atoms with Crippen LogP contribution in [-0.2, 0) is 19.1 Å². The average molecular weight is 530 g/mol. The molecule has 0 bridgehead atoms. The first-order chi connectivity index (χ1) is 17.2. The zero-order chi connectivity index (χ0) is 25.9. The molecular weight excluding hydrogens is 514 g/mol. The normalized spacial score (nSPS) is 11.2. The molecule has 2 aromatic carbocycles. The Morgan fingerprint density at radius 1 is 1.06 bits per heavy atom. The van der Waals surface area contributed by atoms with Gasteiger partial charge in [0.1, 0.15) is 0 Å². The van der Waals surface area contributed by atoms with Gasteiger partial charge in [-0.05, 0) is 42.0 Å². The molecule has 182 valence electrons. The zero-order valence-electron chi connectivity index (χ0n) is 18.4. The summed E-state index contributed by atoms with van der Waals surface area (Å²) in [5.41, 5.74) is 1.05. The Morgan fingerprint density at radius 3 is 2.36 bits per heavy atom. The summed E-state index contributed by atoms with van der Waals surface area (Å²) in [7, 11) is 0. The minimum atomic E-state index is -4.45. The van der Waals surface area contributed by atoms with Gasteiger partial charge < -0.3 is 5.32 Å². The summed E-state index contributed by atoms with van der Waals surface area (Å²) in [5.74, 6) is -0.355. The van der Waals surface area contributed by atoms with Crippen LogP contribution < -0.4 is 5.32 Å². The fourth-order valence-electron chi connectivity index (χ4n) is 3.55. The highest BCUT2D eigenvalue weighted by Gasteiger charge is 2.30. The molecule has 11 heteroatoms. The van der Waals surface area contributed by atoms with Crippen molar-refractivity contribution in [3.05, 3.63) is 99.3 Å². The van der Waals surface area contributed by atoms with E-state index in [2.05, 4.69) is 21.5 Å². The third kappa shape index (κ3) is 5.35. The first-order valence-electron chi connectivity index (χ1n) is 10.5. The van der Waals surface area contributed by atoms with E-state index in [0.717, 1.165) is 12.1 Å². The van der Waals surface area contributed by atoms with E-state index in [-0.39, 0.29) is 29.5 Å².